The van der Waals surface area contributed by atoms with Crippen LogP contribution in [0.25, 0.3) is 0 Å². The van der Waals surface area contributed by atoms with Crippen molar-refractivity contribution in [3.8, 4) is 17.2 Å². The molecule has 2 aliphatic rings. The smallest absolute Gasteiger partial charge is 0.231 e. The maximum atomic E-state index is 6.61. The van der Waals surface area contributed by atoms with Crippen LogP contribution in [0.4, 0.5) is 0 Å². The van der Waals surface area contributed by atoms with Crippen LogP contribution in [-0.4, -0.2) is 26.3 Å². The van der Waals surface area contributed by atoms with E-state index in [2.05, 4.69) is 10.6 Å². The Kier molecular flexibility index (Phi) is 4.78. The highest BCUT2D eigenvalue weighted by Gasteiger charge is 2.32. The van der Waals surface area contributed by atoms with Gasteiger partial charge >= 0.3 is 0 Å². The molecule has 0 saturated carbocycles. The van der Waals surface area contributed by atoms with Gasteiger partial charge in [-0.25, -0.2) is 0 Å². The molecule has 6 nitrogen and oxygen atoms in total. The summed E-state index contributed by atoms with van der Waals surface area (Å²) in [6.07, 6.45) is 4.68. The van der Waals surface area contributed by atoms with E-state index in [1.165, 1.54) is 0 Å². The van der Waals surface area contributed by atoms with E-state index < -0.39 is 5.66 Å². The maximum Gasteiger partial charge on any atom is 0.231 e. The van der Waals surface area contributed by atoms with E-state index in [1.807, 2.05) is 38.3 Å². The first kappa shape index (κ1) is 16.8. The summed E-state index contributed by atoms with van der Waals surface area (Å²) in [5.41, 5.74) is 8.47. The van der Waals surface area contributed by atoms with Crippen LogP contribution in [0.15, 0.2) is 35.7 Å². The molecule has 4 N–H and O–H groups in total. The van der Waals surface area contributed by atoms with Crippen LogP contribution in [0.3, 0.4) is 0 Å². The summed E-state index contributed by atoms with van der Waals surface area (Å²) >= 11 is 5.72. The van der Waals surface area contributed by atoms with Crippen molar-refractivity contribution in [3.63, 3.8) is 0 Å². The molecule has 7 heteroatoms. The molecule has 0 saturated heterocycles. The van der Waals surface area contributed by atoms with Gasteiger partial charge in [0.05, 0.1) is 6.61 Å². The molecule has 1 unspecified atom stereocenters. The van der Waals surface area contributed by atoms with Gasteiger partial charge in [-0.2, -0.15) is 0 Å². The van der Waals surface area contributed by atoms with E-state index in [1.54, 1.807) is 0 Å². The first-order valence-electron chi connectivity index (χ1n) is 7.84. The Morgan fingerprint density at radius 1 is 1.42 bits per heavy atom. The van der Waals surface area contributed by atoms with Crippen molar-refractivity contribution in [2.24, 2.45) is 5.73 Å². The molecule has 0 bridgehead atoms. The second kappa shape index (κ2) is 6.83. The highest BCUT2D eigenvalue weighted by Crippen LogP contribution is 2.44. The second-order valence-electron chi connectivity index (χ2n) is 5.77. The van der Waals surface area contributed by atoms with Crippen molar-refractivity contribution in [3.05, 3.63) is 41.2 Å². The van der Waals surface area contributed by atoms with Crippen molar-refractivity contribution in [2.45, 2.75) is 19.0 Å². The van der Waals surface area contributed by atoms with Crippen LogP contribution in [0, 0.1) is 0 Å². The van der Waals surface area contributed by atoms with Crippen LogP contribution in [0.2, 0.25) is 0 Å². The van der Waals surface area contributed by atoms with Gasteiger partial charge in [0, 0.05) is 29.9 Å². The summed E-state index contributed by atoms with van der Waals surface area (Å²) in [5, 5.41) is 6.44. The molecule has 0 spiro atoms. The number of rotatable bonds is 6. The lowest BCUT2D eigenvalue weighted by Crippen LogP contribution is -2.50. The van der Waals surface area contributed by atoms with Crippen LogP contribution in [0.5, 0.6) is 17.2 Å². The number of nitrogens with one attached hydrogen (secondary N) is 2. The summed E-state index contributed by atoms with van der Waals surface area (Å²) in [4.78, 5) is 0. The van der Waals surface area contributed by atoms with Gasteiger partial charge < -0.3 is 30.6 Å². The molecule has 1 atom stereocenters. The van der Waals surface area contributed by atoms with Crippen molar-refractivity contribution < 1.29 is 14.2 Å². The highest BCUT2D eigenvalue weighted by molar-refractivity contribution is 6.17. The van der Waals surface area contributed by atoms with E-state index >= 15 is 0 Å². The number of nitrogens with two attached hydrogens (primary N) is 1. The molecular weight excluding hydrogens is 330 g/mol. The molecule has 1 aromatic carbocycles. The minimum absolute atomic E-state index is 0.173. The summed E-state index contributed by atoms with van der Waals surface area (Å²) in [5.74, 6) is 2.40. The standard InChI is InChI=1S/C17H22ClN3O3/c1-11-6-13(20-2)9-17(19,21-11)12-7-14(22-5-3-4-18)16-15(8-12)23-10-24-16/h6-9,20-21H,3-5,10,19H2,1-2H3. The molecule has 3 rings (SSSR count). The Bertz CT molecular complexity index is 690. The summed E-state index contributed by atoms with van der Waals surface area (Å²) in [7, 11) is 1.86. The van der Waals surface area contributed by atoms with Gasteiger partial charge in [0.2, 0.25) is 12.5 Å². The molecule has 0 aromatic heterocycles. The number of benzene rings is 1. The van der Waals surface area contributed by atoms with Gasteiger partial charge in [-0.1, -0.05) is 0 Å². The van der Waals surface area contributed by atoms with Gasteiger partial charge in [-0.15, -0.1) is 11.6 Å². The summed E-state index contributed by atoms with van der Waals surface area (Å²) in [6, 6.07) is 3.77. The first-order valence-corrected chi connectivity index (χ1v) is 8.38. The van der Waals surface area contributed by atoms with E-state index in [0.29, 0.717) is 29.7 Å². The number of alkyl halides is 1. The zero-order valence-corrected chi connectivity index (χ0v) is 14.6. The first-order chi connectivity index (χ1) is 11.6. The molecule has 24 heavy (non-hydrogen) atoms. The Balaban J connectivity index is 1.97. The maximum absolute atomic E-state index is 6.61. The molecule has 130 valence electrons. The third kappa shape index (κ3) is 3.25. The molecule has 0 amide bonds. The third-order valence-corrected chi connectivity index (χ3v) is 4.17. The zero-order chi connectivity index (χ0) is 17.2. The molecule has 0 fully saturated rings. The largest absolute Gasteiger partial charge is 0.489 e. The predicted octanol–water partition coefficient (Wildman–Crippen LogP) is 2.14. The zero-order valence-electron chi connectivity index (χ0n) is 13.8. The predicted molar refractivity (Wildman–Crippen MR) is 93.3 cm³/mol. The average molecular weight is 352 g/mol. The van der Waals surface area contributed by atoms with E-state index in [9.17, 15) is 0 Å². The lowest BCUT2D eigenvalue weighted by atomic mass is 9.95. The number of ether oxygens (including phenoxy) is 3. The lowest BCUT2D eigenvalue weighted by Gasteiger charge is -2.33. The van der Waals surface area contributed by atoms with Gasteiger partial charge in [0.25, 0.3) is 0 Å². The normalized spacial score (nSPS) is 21.7. The van der Waals surface area contributed by atoms with Crippen LogP contribution in [0.1, 0.15) is 18.9 Å². The lowest BCUT2D eigenvalue weighted by molar-refractivity contribution is 0.169. The molecule has 2 aliphatic heterocycles. The molecular formula is C17H22ClN3O3. The minimum atomic E-state index is -0.872. The van der Waals surface area contributed by atoms with Crippen molar-refractivity contribution in [1.82, 2.24) is 10.6 Å². The number of hydrogen-bond acceptors (Lipinski definition) is 6. The quantitative estimate of drug-likeness (QED) is 0.538. The van der Waals surface area contributed by atoms with Crippen molar-refractivity contribution in [1.29, 1.82) is 0 Å². The number of halogens is 1. The number of dihydropyridines is 1. The van der Waals surface area contributed by atoms with Crippen LogP contribution in [-0.2, 0) is 5.66 Å². The van der Waals surface area contributed by atoms with Crippen LogP contribution >= 0.6 is 11.6 Å². The fraction of sp³-hybridized carbons (Fsp3) is 0.412. The number of fused-ring (bicyclic) bond motifs is 1. The van der Waals surface area contributed by atoms with Crippen LogP contribution < -0.4 is 30.6 Å². The Labute approximate surface area is 146 Å². The van der Waals surface area contributed by atoms with Gasteiger partial charge in [0.1, 0.15) is 5.66 Å². The highest BCUT2D eigenvalue weighted by atomic mass is 35.5. The van der Waals surface area contributed by atoms with E-state index in [-0.39, 0.29) is 6.79 Å². The monoisotopic (exact) mass is 351 g/mol. The molecule has 1 aromatic rings. The fourth-order valence-corrected chi connectivity index (χ4v) is 2.89. The second-order valence-corrected chi connectivity index (χ2v) is 6.15. The van der Waals surface area contributed by atoms with E-state index in [0.717, 1.165) is 23.4 Å². The van der Waals surface area contributed by atoms with Gasteiger partial charge in [-0.3, -0.25) is 0 Å². The van der Waals surface area contributed by atoms with Gasteiger partial charge in [0.15, 0.2) is 11.5 Å². The number of likely N-dealkylation sites (N-methyl/N-ethyl adjacent to an activating group) is 1. The number of hydrogen-bond donors (Lipinski definition) is 3. The topological polar surface area (TPSA) is 77.8 Å². The number of allylic oxidation sites excluding steroid dienone is 2. The summed E-state index contributed by atoms with van der Waals surface area (Å²) in [6.45, 7) is 2.65. The Morgan fingerprint density at radius 3 is 3.00 bits per heavy atom. The fourth-order valence-electron chi connectivity index (χ4n) is 2.78. The average Bonchev–Trinajstić information content (AvgIpc) is 3.03. The van der Waals surface area contributed by atoms with Gasteiger partial charge in [-0.05, 0) is 37.6 Å². The summed E-state index contributed by atoms with van der Waals surface area (Å²) < 4.78 is 16.9. The molecule has 0 aliphatic carbocycles. The van der Waals surface area contributed by atoms with Crippen molar-refractivity contribution in [2.75, 3.05) is 26.3 Å². The third-order valence-electron chi connectivity index (χ3n) is 3.90. The Hall–Kier alpha value is -2.05. The Morgan fingerprint density at radius 2 is 2.25 bits per heavy atom. The van der Waals surface area contributed by atoms with Crippen molar-refractivity contribution >= 4 is 11.6 Å². The molecule has 0 radical (unpaired) electrons. The SMILES string of the molecule is CNC1=CC(N)(c2cc(OCCCCl)c3c(c2)OCO3)NC(C)=C1. The molecule has 2 heterocycles. The minimum Gasteiger partial charge on any atom is -0.489 e. The van der Waals surface area contributed by atoms with E-state index in [4.69, 9.17) is 31.5 Å².